The summed E-state index contributed by atoms with van der Waals surface area (Å²) in [6.45, 7) is 4.20. The molecule has 0 N–H and O–H groups in total. The third-order valence-corrected chi connectivity index (χ3v) is 7.31. The molecule has 5 aromatic rings. The van der Waals surface area contributed by atoms with Crippen LogP contribution >= 0.6 is 11.3 Å². The van der Waals surface area contributed by atoms with E-state index < -0.39 is 0 Å². The highest BCUT2D eigenvalue weighted by Gasteiger charge is 2.25. The number of pyridine rings is 1. The third kappa shape index (κ3) is 2.59. The molecule has 0 unspecified atom stereocenters. The van der Waals surface area contributed by atoms with E-state index in [1.807, 2.05) is 17.5 Å². The zero-order chi connectivity index (χ0) is 20.4. The van der Waals surface area contributed by atoms with Gasteiger partial charge in [0.2, 0.25) is 0 Å². The molecule has 4 aromatic heterocycles. The molecule has 0 radical (unpaired) electrons. The Morgan fingerprint density at radius 3 is 2.87 bits per heavy atom. The number of hydrogen-bond donors (Lipinski definition) is 0. The molecular weight excluding hydrogens is 388 g/mol. The van der Waals surface area contributed by atoms with Gasteiger partial charge in [0.05, 0.1) is 10.6 Å². The number of fused-ring (bicyclic) bond motifs is 4. The monoisotopic (exact) mass is 412 g/mol. The van der Waals surface area contributed by atoms with Crippen LogP contribution in [0.2, 0.25) is 0 Å². The van der Waals surface area contributed by atoms with E-state index in [9.17, 15) is 0 Å². The summed E-state index contributed by atoms with van der Waals surface area (Å²) >= 11 is 1.81. The highest BCUT2D eigenvalue weighted by molar-refractivity contribution is 7.14. The molecule has 5 heterocycles. The average molecular weight is 413 g/mol. The first-order valence-corrected chi connectivity index (χ1v) is 11.3. The molecular formula is C25H24N4S. The van der Waals surface area contributed by atoms with E-state index in [0.717, 1.165) is 25.2 Å². The van der Waals surface area contributed by atoms with Crippen molar-refractivity contribution in [1.29, 1.82) is 0 Å². The van der Waals surface area contributed by atoms with Crippen LogP contribution in [0.5, 0.6) is 0 Å². The maximum absolute atomic E-state index is 4.90. The van der Waals surface area contributed by atoms with Gasteiger partial charge < -0.3 is 9.47 Å². The number of nitrogens with zero attached hydrogens (tertiary/aromatic N) is 4. The Labute approximate surface area is 180 Å². The largest absolute Gasteiger partial charge is 0.351 e. The zero-order valence-electron chi connectivity index (χ0n) is 17.5. The van der Waals surface area contributed by atoms with E-state index in [-0.39, 0.29) is 0 Å². The van der Waals surface area contributed by atoms with Crippen LogP contribution in [0.4, 0.5) is 0 Å². The van der Waals surface area contributed by atoms with Crippen LogP contribution in [0.3, 0.4) is 0 Å². The van der Waals surface area contributed by atoms with Crippen molar-refractivity contribution in [2.75, 3.05) is 13.6 Å². The van der Waals surface area contributed by atoms with Gasteiger partial charge in [-0.3, -0.25) is 4.57 Å². The summed E-state index contributed by atoms with van der Waals surface area (Å²) in [5.74, 6) is 0. The number of aryl methyl sites for hydroxylation is 2. The molecule has 0 spiro atoms. The quantitative estimate of drug-likeness (QED) is 0.380. The molecule has 0 saturated carbocycles. The van der Waals surface area contributed by atoms with E-state index in [1.54, 1.807) is 0 Å². The van der Waals surface area contributed by atoms with Crippen LogP contribution < -0.4 is 0 Å². The lowest BCUT2D eigenvalue weighted by molar-refractivity contribution is 0.311. The fourth-order valence-electron chi connectivity index (χ4n) is 4.82. The molecule has 1 aliphatic heterocycles. The minimum Gasteiger partial charge on any atom is -0.351 e. The Bertz CT molecular complexity index is 1420. The van der Waals surface area contributed by atoms with Gasteiger partial charge in [-0.25, -0.2) is 4.98 Å². The molecule has 0 bridgehead atoms. The second-order valence-corrected chi connectivity index (χ2v) is 9.38. The lowest BCUT2D eigenvalue weighted by Gasteiger charge is -2.24. The first-order valence-electron chi connectivity index (χ1n) is 10.4. The van der Waals surface area contributed by atoms with Gasteiger partial charge in [0.1, 0.15) is 5.65 Å². The molecule has 1 aromatic carbocycles. The van der Waals surface area contributed by atoms with Crippen LogP contribution in [0.1, 0.15) is 16.8 Å². The third-order valence-electron chi connectivity index (χ3n) is 6.35. The predicted octanol–water partition coefficient (Wildman–Crippen LogP) is 5.54. The summed E-state index contributed by atoms with van der Waals surface area (Å²) in [4.78, 5) is 8.62. The Kier molecular flexibility index (Phi) is 3.92. The highest BCUT2D eigenvalue weighted by Crippen LogP contribution is 2.39. The molecule has 30 heavy (non-hydrogen) atoms. The molecule has 5 heteroatoms. The summed E-state index contributed by atoms with van der Waals surface area (Å²) in [7, 11) is 4.32. The van der Waals surface area contributed by atoms with E-state index in [0.29, 0.717) is 0 Å². The minimum atomic E-state index is 0.985. The minimum absolute atomic E-state index is 0.985. The van der Waals surface area contributed by atoms with E-state index >= 15 is 0 Å². The van der Waals surface area contributed by atoms with Gasteiger partial charge in [-0.15, -0.1) is 11.3 Å². The molecule has 0 saturated heterocycles. The van der Waals surface area contributed by atoms with Gasteiger partial charge in [-0.2, -0.15) is 0 Å². The first-order chi connectivity index (χ1) is 14.6. The van der Waals surface area contributed by atoms with Crippen molar-refractivity contribution in [3.63, 3.8) is 0 Å². The predicted molar refractivity (Wildman–Crippen MR) is 126 cm³/mol. The van der Waals surface area contributed by atoms with Crippen molar-refractivity contribution in [3.05, 3.63) is 71.0 Å². The number of likely N-dealkylation sites (N-methyl/N-ethyl adjacent to an activating group) is 1. The van der Waals surface area contributed by atoms with Crippen molar-refractivity contribution in [2.24, 2.45) is 7.05 Å². The topological polar surface area (TPSA) is 26.0 Å². The summed E-state index contributed by atoms with van der Waals surface area (Å²) in [5, 5.41) is 4.79. The smallest absolute Gasteiger partial charge is 0.145 e. The van der Waals surface area contributed by atoms with Crippen LogP contribution in [-0.4, -0.2) is 32.6 Å². The molecule has 0 fully saturated rings. The summed E-state index contributed by atoms with van der Waals surface area (Å²) in [6, 6.07) is 13.5. The summed E-state index contributed by atoms with van der Waals surface area (Å²) in [5.41, 5.74) is 8.94. The number of benzene rings is 1. The van der Waals surface area contributed by atoms with Crippen molar-refractivity contribution < 1.29 is 0 Å². The molecule has 0 amide bonds. The van der Waals surface area contributed by atoms with Gasteiger partial charge in [0.25, 0.3) is 0 Å². The Balaban J connectivity index is 1.61. The summed E-state index contributed by atoms with van der Waals surface area (Å²) in [6.07, 6.45) is 5.17. The average Bonchev–Trinajstić information content (AvgIpc) is 3.44. The van der Waals surface area contributed by atoms with Gasteiger partial charge in [-0.05, 0) is 65.7 Å². The highest BCUT2D eigenvalue weighted by atomic mass is 32.1. The summed E-state index contributed by atoms with van der Waals surface area (Å²) < 4.78 is 4.62. The van der Waals surface area contributed by atoms with Gasteiger partial charge >= 0.3 is 0 Å². The Hall–Kier alpha value is -2.89. The molecule has 150 valence electrons. The maximum Gasteiger partial charge on any atom is 0.145 e. The molecule has 0 aliphatic carbocycles. The van der Waals surface area contributed by atoms with Crippen molar-refractivity contribution in [2.45, 2.75) is 19.9 Å². The van der Waals surface area contributed by atoms with Crippen LogP contribution in [0.15, 0.2) is 54.2 Å². The lowest BCUT2D eigenvalue weighted by Crippen LogP contribution is -2.27. The molecule has 1 aliphatic rings. The van der Waals surface area contributed by atoms with Crippen molar-refractivity contribution >= 4 is 33.3 Å². The van der Waals surface area contributed by atoms with Crippen LogP contribution in [0.25, 0.3) is 38.1 Å². The molecule has 4 nitrogen and oxygen atoms in total. The molecule has 6 rings (SSSR count). The number of rotatable bonds is 2. The van der Waals surface area contributed by atoms with Gasteiger partial charge in [0.15, 0.2) is 0 Å². The van der Waals surface area contributed by atoms with Crippen molar-refractivity contribution in [1.82, 2.24) is 19.0 Å². The van der Waals surface area contributed by atoms with Crippen LogP contribution in [0, 0.1) is 6.92 Å². The number of hydrogen-bond acceptors (Lipinski definition) is 3. The van der Waals surface area contributed by atoms with E-state index in [2.05, 4.69) is 83.0 Å². The second-order valence-electron chi connectivity index (χ2n) is 8.47. The normalized spacial score (nSPS) is 14.6. The Morgan fingerprint density at radius 1 is 1.07 bits per heavy atom. The fourth-order valence-corrected chi connectivity index (χ4v) is 5.70. The zero-order valence-corrected chi connectivity index (χ0v) is 18.3. The SMILES string of the molecule is Cc1cnc2c(c1)c1c(n2-c2ccsc2-c2ccc3ccn(C)c3c2)CCN(C)C1. The maximum atomic E-state index is 4.90. The standard InChI is InChI=1S/C25H24N4S/c1-16-12-19-20-15-27(2)9-7-21(20)29(25(19)26-14-16)22-8-11-30-24(22)18-5-4-17-6-10-28(3)23(17)13-18/h4-6,8,10-14H,7,9,15H2,1-3H3. The van der Waals surface area contributed by atoms with E-state index in [4.69, 9.17) is 4.98 Å². The number of thiophene rings is 1. The fraction of sp³-hybridized carbons (Fsp3) is 0.240. The van der Waals surface area contributed by atoms with Gasteiger partial charge in [-0.1, -0.05) is 12.1 Å². The first kappa shape index (κ1) is 17.9. The number of aromatic nitrogens is 3. The van der Waals surface area contributed by atoms with Crippen LogP contribution in [-0.2, 0) is 20.0 Å². The van der Waals surface area contributed by atoms with Crippen molar-refractivity contribution in [3.8, 4) is 16.1 Å². The van der Waals surface area contributed by atoms with Gasteiger partial charge in [0, 0.05) is 55.5 Å². The Morgan fingerprint density at radius 2 is 1.97 bits per heavy atom. The van der Waals surface area contributed by atoms with E-state index in [1.165, 1.54) is 49.2 Å². The lowest BCUT2D eigenvalue weighted by atomic mass is 10.0. The second kappa shape index (κ2) is 6.56. The molecule has 0 atom stereocenters.